The lowest BCUT2D eigenvalue weighted by Crippen LogP contribution is -2.33. The molecule has 3 nitrogen and oxygen atoms in total. The molecule has 0 aliphatic carbocycles. The van der Waals surface area contributed by atoms with Crippen LogP contribution in [0.2, 0.25) is 0 Å². The van der Waals surface area contributed by atoms with Crippen molar-refractivity contribution in [1.82, 2.24) is 4.98 Å². The maximum absolute atomic E-state index is 12.6. The second-order valence-corrected chi connectivity index (χ2v) is 6.70. The van der Waals surface area contributed by atoms with Gasteiger partial charge in [-0.1, -0.05) is 54.2 Å². The Hall–Kier alpha value is -2.33. The fourth-order valence-corrected chi connectivity index (χ4v) is 3.31. The van der Waals surface area contributed by atoms with Crippen molar-refractivity contribution in [3.63, 3.8) is 0 Å². The van der Waals surface area contributed by atoms with Crippen molar-refractivity contribution in [3.8, 4) is 0 Å². The molecule has 23 heavy (non-hydrogen) atoms. The molecule has 0 spiro atoms. The molecule has 4 heteroatoms. The number of anilines is 1. The Kier molecular flexibility index (Phi) is 4.63. The Morgan fingerprint density at radius 3 is 2.48 bits per heavy atom. The minimum atomic E-state index is -0.200. The third-order valence-electron chi connectivity index (χ3n) is 3.69. The first kappa shape index (κ1) is 15.6. The van der Waals surface area contributed by atoms with Crippen molar-refractivity contribution < 1.29 is 4.79 Å². The third-order valence-corrected chi connectivity index (χ3v) is 4.72. The Morgan fingerprint density at radius 1 is 1.00 bits per heavy atom. The number of pyridine rings is 1. The number of nitrogens with zero attached hydrogens (tertiary/aromatic N) is 2. The molecule has 1 atom stereocenters. The summed E-state index contributed by atoms with van der Waals surface area (Å²) >= 11 is 1.49. The first-order chi connectivity index (χ1) is 11.1. The fraction of sp³-hybridized carbons (Fsp3) is 0.158. The van der Waals surface area contributed by atoms with E-state index in [4.69, 9.17) is 0 Å². The van der Waals surface area contributed by atoms with E-state index in [2.05, 4.69) is 4.98 Å². The second kappa shape index (κ2) is 6.84. The number of carbonyl (C=O) groups is 1. The first-order valence-electron chi connectivity index (χ1n) is 7.50. The highest BCUT2D eigenvalue weighted by Gasteiger charge is 2.20. The highest BCUT2D eigenvalue weighted by molar-refractivity contribution is 8.00. The van der Waals surface area contributed by atoms with Crippen molar-refractivity contribution in [2.75, 3.05) is 11.9 Å². The number of benzene rings is 2. The molecule has 0 aliphatic rings. The lowest BCUT2D eigenvalue weighted by molar-refractivity contribution is -0.117. The maximum atomic E-state index is 12.6. The lowest BCUT2D eigenvalue weighted by Gasteiger charge is -2.21. The van der Waals surface area contributed by atoms with Gasteiger partial charge in [0.1, 0.15) is 0 Å². The molecule has 116 valence electrons. The quantitative estimate of drug-likeness (QED) is 0.668. The fourth-order valence-electron chi connectivity index (χ4n) is 2.40. The molecular weight excluding hydrogens is 304 g/mol. The SMILES string of the molecule is C[C@H](Sc1ccc2ccccc2n1)C(=O)N(C)c1ccccc1. The summed E-state index contributed by atoms with van der Waals surface area (Å²) in [4.78, 5) is 18.9. The average Bonchev–Trinajstić information content (AvgIpc) is 2.61. The molecule has 1 heterocycles. The Labute approximate surface area is 140 Å². The summed E-state index contributed by atoms with van der Waals surface area (Å²) in [5.74, 6) is 0.0659. The molecule has 3 aromatic rings. The highest BCUT2D eigenvalue weighted by Crippen LogP contribution is 2.26. The number of carbonyl (C=O) groups excluding carboxylic acids is 1. The molecule has 0 bridgehead atoms. The molecule has 1 aromatic heterocycles. The van der Waals surface area contributed by atoms with Crippen molar-refractivity contribution in [2.24, 2.45) is 0 Å². The summed E-state index contributed by atoms with van der Waals surface area (Å²) in [6.45, 7) is 1.92. The summed E-state index contributed by atoms with van der Waals surface area (Å²) in [5.41, 5.74) is 1.85. The minimum absolute atomic E-state index is 0.0659. The van der Waals surface area contributed by atoms with E-state index in [-0.39, 0.29) is 11.2 Å². The molecule has 0 saturated heterocycles. The molecule has 0 unspecified atom stereocenters. The van der Waals surface area contributed by atoms with Gasteiger partial charge in [-0.05, 0) is 31.2 Å². The zero-order valence-corrected chi connectivity index (χ0v) is 14.0. The monoisotopic (exact) mass is 322 g/mol. The number of amides is 1. The summed E-state index contributed by atoms with van der Waals surface area (Å²) < 4.78 is 0. The van der Waals surface area contributed by atoms with E-state index in [0.29, 0.717) is 0 Å². The second-order valence-electron chi connectivity index (χ2n) is 5.34. The van der Waals surface area contributed by atoms with E-state index < -0.39 is 0 Å². The molecule has 0 aliphatic heterocycles. The van der Waals surface area contributed by atoms with Crippen LogP contribution in [0.25, 0.3) is 10.9 Å². The van der Waals surface area contributed by atoms with Crippen molar-refractivity contribution >= 4 is 34.3 Å². The van der Waals surface area contributed by atoms with Gasteiger partial charge >= 0.3 is 0 Å². The van der Waals surface area contributed by atoms with E-state index in [9.17, 15) is 4.79 Å². The van der Waals surface area contributed by atoms with Crippen LogP contribution >= 0.6 is 11.8 Å². The van der Waals surface area contributed by atoms with Crippen LogP contribution in [0.3, 0.4) is 0 Å². The molecule has 0 saturated carbocycles. The van der Waals surface area contributed by atoms with Gasteiger partial charge in [-0.15, -0.1) is 0 Å². The number of hydrogen-bond donors (Lipinski definition) is 0. The normalized spacial score (nSPS) is 12.1. The summed E-state index contributed by atoms with van der Waals surface area (Å²) in [5, 5.41) is 1.78. The smallest absolute Gasteiger partial charge is 0.239 e. The molecule has 0 fully saturated rings. The van der Waals surface area contributed by atoms with Crippen LogP contribution in [-0.2, 0) is 4.79 Å². The average molecular weight is 322 g/mol. The summed E-state index contributed by atoms with van der Waals surface area (Å²) in [7, 11) is 1.81. The van der Waals surface area contributed by atoms with Crippen molar-refractivity contribution in [3.05, 3.63) is 66.7 Å². The predicted octanol–water partition coefficient (Wildman–Crippen LogP) is 4.38. The lowest BCUT2D eigenvalue weighted by atomic mass is 10.2. The van der Waals surface area contributed by atoms with Crippen LogP contribution in [0, 0.1) is 0 Å². The minimum Gasteiger partial charge on any atom is -0.315 e. The molecule has 0 N–H and O–H groups in total. The Bertz CT molecular complexity index is 820. The highest BCUT2D eigenvalue weighted by atomic mass is 32.2. The van der Waals surface area contributed by atoms with Gasteiger partial charge in [0.05, 0.1) is 15.8 Å². The van der Waals surface area contributed by atoms with Gasteiger partial charge < -0.3 is 4.90 Å². The van der Waals surface area contributed by atoms with E-state index in [1.54, 1.807) is 4.90 Å². The van der Waals surface area contributed by atoms with Crippen molar-refractivity contribution in [1.29, 1.82) is 0 Å². The number of para-hydroxylation sites is 2. The van der Waals surface area contributed by atoms with Gasteiger partial charge in [0.25, 0.3) is 0 Å². The van der Waals surface area contributed by atoms with Crippen LogP contribution in [-0.4, -0.2) is 23.2 Å². The van der Waals surface area contributed by atoms with E-state index in [1.807, 2.05) is 80.7 Å². The Morgan fingerprint density at radius 2 is 1.70 bits per heavy atom. The zero-order chi connectivity index (χ0) is 16.2. The van der Waals surface area contributed by atoms with E-state index in [0.717, 1.165) is 21.6 Å². The van der Waals surface area contributed by atoms with Crippen LogP contribution < -0.4 is 4.90 Å². The van der Waals surface area contributed by atoms with Gasteiger partial charge in [-0.3, -0.25) is 4.79 Å². The van der Waals surface area contributed by atoms with Crippen molar-refractivity contribution in [2.45, 2.75) is 17.2 Å². The number of thioether (sulfide) groups is 1. The predicted molar refractivity (Wildman–Crippen MR) is 96.9 cm³/mol. The topological polar surface area (TPSA) is 33.2 Å². The number of rotatable bonds is 4. The molecule has 0 radical (unpaired) electrons. The molecule has 3 rings (SSSR count). The molecule has 2 aromatic carbocycles. The van der Waals surface area contributed by atoms with Gasteiger partial charge in [0.2, 0.25) is 5.91 Å². The van der Waals surface area contributed by atoms with Crippen LogP contribution in [0.5, 0.6) is 0 Å². The van der Waals surface area contributed by atoms with E-state index >= 15 is 0 Å². The van der Waals surface area contributed by atoms with E-state index in [1.165, 1.54) is 11.8 Å². The van der Waals surface area contributed by atoms with Crippen LogP contribution in [0.15, 0.2) is 71.8 Å². The Balaban J connectivity index is 1.74. The summed E-state index contributed by atoms with van der Waals surface area (Å²) in [6.07, 6.45) is 0. The van der Waals surface area contributed by atoms with Gasteiger partial charge in [-0.25, -0.2) is 4.98 Å². The molecular formula is C19H18N2OS. The molecule has 1 amide bonds. The van der Waals surface area contributed by atoms with Crippen LogP contribution in [0.1, 0.15) is 6.92 Å². The first-order valence-corrected chi connectivity index (χ1v) is 8.38. The number of fused-ring (bicyclic) bond motifs is 1. The number of aromatic nitrogens is 1. The van der Waals surface area contributed by atoms with Gasteiger partial charge in [0, 0.05) is 18.1 Å². The summed E-state index contributed by atoms with van der Waals surface area (Å²) in [6, 6.07) is 21.7. The van der Waals surface area contributed by atoms with Crippen LogP contribution in [0.4, 0.5) is 5.69 Å². The standard InChI is InChI=1S/C19H18N2OS/c1-14(19(22)21(2)16-9-4-3-5-10-16)23-18-13-12-15-8-6-7-11-17(15)20-18/h3-14H,1-2H3/t14-/m0/s1. The number of hydrogen-bond acceptors (Lipinski definition) is 3. The largest absolute Gasteiger partial charge is 0.315 e. The third kappa shape index (κ3) is 3.54. The maximum Gasteiger partial charge on any atom is 0.239 e. The van der Waals surface area contributed by atoms with Gasteiger partial charge in [0.15, 0.2) is 0 Å². The van der Waals surface area contributed by atoms with Gasteiger partial charge in [-0.2, -0.15) is 0 Å². The zero-order valence-electron chi connectivity index (χ0n) is 13.1.